The Hall–Kier alpha value is -4.41. The number of rotatable bonds is 13. The number of hydrogen-bond donors (Lipinski definition) is 5. The molecular formula is C31H41N5O6. The second kappa shape index (κ2) is 14.5. The molecule has 5 amide bonds. The van der Waals surface area contributed by atoms with Crippen LogP contribution in [-0.4, -0.2) is 61.0 Å². The number of nitrogens with two attached hydrogens (primary N) is 1. The number of fused-ring (bicyclic) bond motifs is 3. The van der Waals surface area contributed by atoms with Gasteiger partial charge in [0.05, 0.1) is 6.54 Å². The van der Waals surface area contributed by atoms with E-state index in [0.29, 0.717) is 6.42 Å². The van der Waals surface area contributed by atoms with E-state index in [1.54, 1.807) is 13.8 Å². The van der Waals surface area contributed by atoms with E-state index in [-0.39, 0.29) is 24.4 Å². The maximum atomic E-state index is 13.0. The molecule has 0 aromatic heterocycles. The first-order valence-corrected chi connectivity index (χ1v) is 14.2. The molecule has 0 bridgehead atoms. The number of alkyl carbamates (subject to hydrolysis) is 1. The summed E-state index contributed by atoms with van der Waals surface area (Å²) in [6.45, 7) is 8.46. The summed E-state index contributed by atoms with van der Waals surface area (Å²) in [5.74, 6) is -2.73. The summed E-state index contributed by atoms with van der Waals surface area (Å²) < 4.78 is 5.57. The van der Waals surface area contributed by atoms with Crippen molar-refractivity contribution < 1.29 is 28.7 Å². The van der Waals surface area contributed by atoms with Crippen molar-refractivity contribution in [2.24, 2.45) is 17.6 Å². The molecule has 0 aliphatic heterocycles. The first-order valence-electron chi connectivity index (χ1n) is 14.2. The third kappa shape index (κ3) is 8.31. The molecule has 2 aromatic rings. The Morgan fingerprint density at radius 3 is 1.90 bits per heavy atom. The molecule has 0 unspecified atom stereocenters. The van der Waals surface area contributed by atoms with Crippen molar-refractivity contribution in [3.8, 4) is 11.1 Å². The van der Waals surface area contributed by atoms with Crippen LogP contribution in [-0.2, 0) is 23.9 Å². The maximum absolute atomic E-state index is 13.0. The molecule has 0 fully saturated rings. The Morgan fingerprint density at radius 2 is 1.38 bits per heavy atom. The fourth-order valence-corrected chi connectivity index (χ4v) is 4.95. The van der Waals surface area contributed by atoms with E-state index >= 15 is 0 Å². The van der Waals surface area contributed by atoms with E-state index in [0.717, 1.165) is 22.3 Å². The fourth-order valence-electron chi connectivity index (χ4n) is 4.95. The summed E-state index contributed by atoms with van der Waals surface area (Å²) in [7, 11) is 0. The second-order valence-corrected chi connectivity index (χ2v) is 11.3. The van der Waals surface area contributed by atoms with Crippen LogP contribution in [0.5, 0.6) is 0 Å². The monoisotopic (exact) mass is 579 g/mol. The smallest absolute Gasteiger partial charge is 0.407 e. The average molecular weight is 580 g/mol. The number of ether oxygens (including phenoxy) is 1. The molecule has 1 aliphatic rings. The minimum atomic E-state index is -1.00. The summed E-state index contributed by atoms with van der Waals surface area (Å²) in [4.78, 5) is 62.1. The molecule has 0 heterocycles. The molecular weight excluding hydrogens is 538 g/mol. The zero-order valence-electron chi connectivity index (χ0n) is 24.7. The molecule has 0 spiro atoms. The first kappa shape index (κ1) is 32.1. The molecule has 0 saturated carbocycles. The van der Waals surface area contributed by atoms with Crippen LogP contribution < -0.4 is 27.0 Å². The number of hydrogen-bond acceptors (Lipinski definition) is 6. The Balaban J connectivity index is 1.51. The van der Waals surface area contributed by atoms with Crippen LogP contribution in [0, 0.1) is 11.8 Å². The van der Waals surface area contributed by atoms with Crippen molar-refractivity contribution in [1.29, 1.82) is 0 Å². The summed E-state index contributed by atoms with van der Waals surface area (Å²) in [5, 5.41) is 10.1. The molecule has 0 saturated heterocycles. The molecule has 3 atom stereocenters. The molecule has 1 aliphatic carbocycles. The van der Waals surface area contributed by atoms with Gasteiger partial charge in [0.15, 0.2) is 0 Å². The highest BCUT2D eigenvalue weighted by atomic mass is 16.5. The van der Waals surface area contributed by atoms with Gasteiger partial charge in [-0.2, -0.15) is 0 Å². The van der Waals surface area contributed by atoms with Crippen molar-refractivity contribution >= 4 is 29.7 Å². The number of amides is 5. The van der Waals surface area contributed by atoms with Crippen molar-refractivity contribution in [2.45, 2.75) is 65.1 Å². The van der Waals surface area contributed by atoms with E-state index in [9.17, 15) is 24.0 Å². The molecule has 11 nitrogen and oxygen atoms in total. The van der Waals surface area contributed by atoms with E-state index in [2.05, 4.69) is 21.3 Å². The highest BCUT2D eigenvalue weighted by Crippen LogP contribution is 2.44. The third-order valence-corrected chi connectivity index (χ3v) is 7.13. The van der Waals surface area contributed by atoms with Crippen molar-refractivity contribution in [3.63, 3.8) is 0 Å². The highest BCUT2D eigenvalue weighted by Gasteiger charge is 2.31. The number of nitrogens with one attached hydrogen (secondary N) is 4. The SMILES string of the molecule is CC(C)C[C@H](NC(=O)CNC(=O)[C@H](C)NC(=O)[C@@H](NC(=O)OCC1c2ccccc2-c2ccccc21)C(C)C)C(N)=O. The quantitative estimate of drug-likeness (QED) is 0.244. The van der Waals surface area contributed by atoms with Gasteiger partial charge in [-0.3, -0.25) is 19.2 Å². The van der Waals surface area contributed by atoms with E-state index < -0.39 is 54.4 Å². The standard InChI is InChI=1S/C31H41N5O6/c1-17(2)14-25(28(32)38)35-26(37)15-33-29(39)19(5)34-30(40)27(18(3)4)36-31(41)42-16-24-22-12-8-6-10-20(22)21-11-7-9-13-23(21)24/h6-13,17-19,24-25,27H,14-16H2,1-5H3,(H2,32,38)(H,33,39)(H,34,40)(H,35,37)(H,36,41)/t19-,25-,27-/m0/s1. The van der Waals surface area contributed by atoms with Crippen LogP contribution in [0.15, 0.2) is 48.5 Å². The lowest BCUT2D eigenvalue weighted by Crippen LogP contribution is -2.55. The van der Waals surface area contributed by atoms with Gasteiger partial charge in [-0.25, -0.2) is 4.79 Å². The van der Waals surface area contributed by atoms with Crippen LogP contribution in [0.3, 0.4) is 0 Å². The molecule has 226 valence electrons. The summed E-state index contributed by atoms with van der Waals surface area (Å²) in [6, 6.07) is 13.2. The lowest BCUT2D eigenvalue weighted by Gasteiger charge is -2.24. The minimum absolute atomic E-state index is 0.0982. The second-order valence-electron chi connectivity index (χ2n) is 11.3. The van der Waals surface area contributed by atoms with Gasteiger partial charge in [0.1, 0.15) is 24.7 Å². The Labute approximate surface area is 246 Å². The largest absolute Gasteiger partial charge is 0.449 e. The average Bonchev–Trinajstić information content (AvgIpc) is 3.26. The van der Waals surface area contributed by atoms with Crippen LogP contribution in [0.25, 0.3) is 11.1 Å². The fraction of sp³-hybridized carbons (Fsp3) is 0.452. The van der Waals surface area contributed by atoms with Gasteiger partial charge >= 0.3 is 6.09 Å². The van der Waals surface area contributed by atoms with Crippen molar-refractivity contribution in [3.05, 3.63) is 59.7 Å². The van der Waals surface area contributed by atoms with Crippen LogP contribution in [0.2, 0.25) is 0 Å². The van der Waals surface area contributed by atoms with E-state index in [1.165, 1.54) is 6.92 Å². The Bertz CT molecular complexity index is 1260. The van der Waals surface area contributed by atoms with E-state index in [4.69, 9.17) is 10.5 Å². The number of carbonyl (C=O) groups excluding carboxylic acids is 5. The Morgan fingerprint density at radius 1 is 0.810 bits per heavy atom. The third-order valence-electron chi connectivity index (χ3n) is 7.13. The highest BCUT2D eigenvalue weighted by molar-refractivity contribution is 5.93. The minimum Gasteiger partial charge on any atom is -0.449 e. The lowest BCUT2D eigenvalue weighted by atomic mass is 9.98. The molecule has 6 N–H and O–H groups in total. The zero-order chi connectivity index (χ0) is 31.0. The van der Waals surface area contributed by atoms with Gasteiger partial charge < -0.3 is 31.7 Å². The van der Waals surface area contributed by atoms with Crippen LogP contribution in [0.1, 0.15) is 58.1 Å². The van der Waals surface area contributed by atoms with Gasteiger partial charge in [0.25, 0.3) is 0 Å². The maximum Gasteiger partial charge on any atom is 0.407 e. The van der Waals surface area contributed by atoms with Crippen molar-refractivity contribution in [1.82, 2.24) is 21.3 Å². The van der Waals surface area contributed by atoms with E-state index in [1.807, 2.05) is 62.4 Å². The van der Waals surface area contributed by atoms with Crippen molar-refractivity contribution in [2.75, 3.05) is 13.2 Å². The molecule has 2 aromatic carbocycles. The number of primary amides is 1. The van der Waals surface area contributed by atoms with Crippen LogP contribution in [0.4, 0.5) is 4.79 Å². The van der Waals surface area contributed by atoms with Crippen LogP contribution >= 0.6 is 0 Å². The predicted octanol–water partition coefficient (Wildman–Crippen LogP) is 2.19. The van der Waals surface area contributed by atoms with Gasteiger partial charge in [0.2, 0.25) is 23.6 Å². The predicted molar refractivity (Wildman–Crippen MR) is 158 cm³/mol. The summed E-state index contributed by atoms with van der Waals surface area (Å²) in [6.07, 6.45) is -0.376. The summed E-state index contributed by atoms with van der Waals surface area (Å²) >= 11 is 0. The summed E-state index contributed by atoms with van der Waals surface area (Å²) in [5.41, 5.74) is 9.70. The van der Waals surface area contributed by atoms with Gasteiger partial charge in [-0.1, -0.05) is 76.2 Å². The zero-order valence-corrected chi connectivity index (χ0v) is 24.7. The molecule has 42 heavy (non-hydrogen) atoms. The molecule has 3 rings (SSSR count). The first-order chi connectivity index (χ1) is 19.9. The normalized spacial score (nSPS) is 14.3. The van der Waals surface area contributed by atoms with Gasteiger partial charge in [0, 0.05) is 5.92 Å². The lowest BCUT2D eigenvalue weighted by molar-refractivity contribution is -0.131. The topological polar surface area (TPSA) is 169 Å². The van der Waals surface area contributed by atoms with Gasteiger partial charge in [-0.05, 0) is 47.4 Å². The Kier molecular flexibility index (Phi) is 11.1. The molecule has 0 radical (unpaired) electrons. The van der Waals surface area contributed by atoms with Gasteiger partial charge in [-0.15, -0.1) is 0 Å². The molecule has 11 heteroatoms. The number of carbonyl (C=O) groups is 5. The number of benzene rings is 2.